The number of carbonyl (C=O) groups excluding carboxylic acids is 1. The molecule has 4 aromatic rings. The molecule has 6 nitrogen and oxygen atoms in total. The molecule has 0 unspecified atom stereocenters. The molecule has 2 aromatic carbocycles. The van der Waals surface area contributed by atoms with E-state index in [4.69, 9.17) is 4.74 Å². The van der Waals surface area contributed by atoms with Crippen LogP contribution in [0.1, 0.15) is 15.9 Å². The van der Waals surface area contributed by atoms with Gasteiger partial charge in [0.25, 0.3) is 5.91 Å². The summed E-state index contributed by atoms with van der Waals surface area (Å²) in [6.45, 7) is 0.343. The number of hydrogen-bond donors (Lipinski definition) is 2. The predicted octanol–water partition coefficient (Wildman–Crippen LogP) is 3.89. The molecule has 2 heterocycles. The summed E-state index contributed by atoms with van der Waals surface area (Å²) in [5, 5.41) is 3.17. The molecule has 4 rings (SSSR count). The molecule has 2 N–H and O–H groups in total. The Kier molecular flexibility index (Phi) is 5.03. The predicted molar refractivity (Wildman–Crippen MR) is 107 cm³/mol. The van der Waals surface area contributed by atoms with Crippen molar-refractivity contribution in [2.45, 2.75) is 6.61 Å². The highest BCUT2D eigenvalue weighted by molar-refractivity contribution is 6.12. The topological polar surface area (TPSA) is 84.1 Å². The number of anilines is 1. The molecule has 1 amide bonds. The summed E-state index contributed by atoms with van der Waals surface area (Å²) in [4.78, 5) is 31.3. The van der Waals surface area contributed by atoms with E-state index in [9.17, 15) is 14.0 Å². The molecule has 0 aliphatic heterocycles. The van der Waals surface area contributed by atoms with E-state index in [1.807, 2.05) is 30.3 Å². The summed E-state index contributed by atoms with van der Waals surface area (Å²) < 4.78 is 19.1. The fourth-order valence-electron chi connectivity index (χ4n) is 2.92. The second kappa shape index (κ2) is 7.93. The number of pyridine rings is 2. The van der Waals surface area contributed by atoms with Crippen LogP contribution in [0.5, 0.6) is 5.88 Å². The van der Waals surface area contributed by atoms with Crippen molar-refractivity contribution >= 4 is 22.5 Å². The second-order valence-corrected chi connectivity index (χ2v) is 6.35. The van der Waals surface area contributed by atoms with E-state index in [2.05, 4.69) is 15.3 Å². The van der Waals surface area contributed by atoms with Gasteiger partial charge in [-0.25, -0.2) is 9.37 Å². The summed E-state index contributed by atoms with van der Waals surface area (Å²) in [6, 6.07) is 17.9. The number of amides is 1. The molecule has 0 bridgehead atoms. The van der Waals surface area contributed by atoms with Crippen molar-refractivity contribution in [1.82, 2.24) is 9.97 Å². The van der Waals surface area contributed by atoms with Crippen LogP contribution in [0, 0.1) is 5.82 Å². The lowest BCUT2D eigenvalue weighted by atomic mass is 10.1. The van der Waals surface area contributed by atoms with Crippen molar-refractivity contribution in [3.63, 3.8) is 0 Å². The largest absolute Gasteiger partial charge is 0.473 e. The van der Waals surface area contributed by atoms with Gasteiger partial charge in [0.15, 0.2) is 0 Å². The van der Waals surface area contributed by atoms with Gasteiger partial charge in [-0.1, -0.05) is 30.3 Å². The van der Waals surface area contributed by atoms with E-state index in [0.29, 0.717) is 23.6 Å². The van der Waals surface area contributed by atoms with E-state index >= 15 is 0 Å². The van der Waals surface area contributed by atoms with Gasteiger partial charge in [0.1, 0.15) is 12.4 Å². The van der Waals surface area contributed by atoms with Crippen LogP contribution in [0.15, 0.2) is 77.7 Å². The Morgan fingerprint density at radius 3 is 2.72 bits per heavy atom. The number of H-pyrrole nitrogens is 1. The van der Waals surface area contributed by atoms with Crippen molar-refractivity contribution in [1.29, 1.82) is 0 Å². The quantitative estimate of drug-likeness (QED) is 0.542. The van der Waals surface area contributed by atoms with Crippen LogP contribution >= 0.6 is 0 Å². The van der Waals surface area contributed by atoms with Crippen LogP contribution in [-0.2, 0) is 6.61 Å². The number of rotatable bonds is 5. The number of aromatic nitrogens is 2. The first kappa shape index (κ1) is 18.4. The first-order chi connectivity index (χ1) is 14.1. The molecule has 2 aromatic heterocycles. The van der Waals surface area contributed by atoms with E-state index in [1.54, 1.807) is 12.1 Å². The zero-order chi connectivity index (χ0) is 20.2. The highest BCUT2D eigenvalue weighted by atomic mass is 19.1. The summed E-state index contributed by atoms with van der Waals surface area (Å²) in [7, 11) is 0. The molecular weight excluding hydrogens is 373 g/mol. The van der Waals surface area contributed by atoms with Crippen molar-refractivity contribution in [2.75, 3.05) is 5.32 Å². The maximum atomic E-state index is 13.4. The highest BCUT2D eigenvalue weighted by Gasteiger charge is 2.13. The monoisotopic (exact) mass is 389 g/mol. The normalized spacial score (nSPS) is 10.7. The molecule has 0 fully saturated rings. The number of halogens is 1. The lowest BCUT2D eigenvalue weighted by Crippen LogP contribution is -2.17. The molecule has 0 radical (unpaired) electrons. The van der Waals surface area contributed by atoms with Gasteiger partial charge in [-0.15, -0.1) is 0 Å². The van der Waals surface area contributed by atoms with E-state index < -0.39 is 17.3 Å². The number of hydrogen-bond acceptors (Lipinski definition) is 4. The summed E-state index contributed by atoms with van der Waals surface area (Å²) >= 11 is 0. The lowest BCUT2D eigenvalue weighted by molar-refractivity contribution is 0.102. The minimum atomic E-state index is -0.500. The maximum Gasteiger partial charge on any atom is 0.256 e. The molecule has 0 saturated carbocycles. The maximum absolute atomic E-state index is 13.4. The van der Waals surface area contributed by atoms with Crippen molar-refractivity contribution in [2.24, 2.45) is 0 Å². The van der Waals surface area contributed by atoms with Gasteiger partial charge >= 0.3 is 0 Å². The molecule has 0 saturated heterocycles. The number of aromatic amines is 1. The van der Waals surface area contributed by atoms with Gasteiger partial charge < -0.3 is 15.0 Å². The van der Waals surface area contributed by atoms with Gasteiger partial charge in [-0.3, -0.25) is 9.59 Å². The van der Waals surface area contributed by atoms with Crippen molar-refractivity contribution < 1.29 is 13.9 Å². The molecule has 0 aliphatic carbocycles. The smallest absolute Gasteiger partial charge is 0.256 e. The zero-order valence-electron chi connectivity index (χ0n) is 15.2. The third-order valence-corrected chi connectivity index (χ3v) is 4.27. The zero-order valence-corrected chi connectivity index (χ0v) is 15.2. The number of benzene rings is 2. The Morgan fingerprint density at radius 1 is 1.07 bits per heavy atom. The van der Waals surface area contributed by atoms with Gasteiger partial charge in [-0.2, -0.15) is 0 Å². The third kappa shape index (κ3) is 4.30. The minimum absolute atomic E-state index is 0.146. The Morgan fingerprint density at radius 2 is 1.90 bits per heavy atom. The van der Waals surface area contributed by atoms with Crippen LogP contribution < -0.4 is 15.6 Å². The molecule has 144 valence electrons. The molecular formula is C22H16FN3O3. The van der Waals surface area contributed by atoms with Crippen LogP contribution in [-0.4, -0.2) is 15.9 Å². The summed E-state index contributed by atoms with van der Waals surface area (Å²) in [5.41, 5.74) is 1.36. The van der Waals surface area contributed by atoms with Gasteiger partial charge in [-0.05, 0) is 29.8 Å². The number of fused-ring (bicyclic) bond motifs is 1. The summed E-state index contributed by atoms with van der Waals surface area (Å²) in [5.74, 6) is -0.641. The van der Waals surface area contributed by atoms with Crippen molar-refractivity contribution in [3.05, 3.63) is 100 Å². The molecule has 29 heavy (non-hydrogen) atoms. The third-order valence-electron chi connectivity index (χ3n) is 4.27. The Hall–Kier alpha value is -4.00. The van der Waals surface area contributed by atoms with Crippen LogP contribution in [0.25, 0.3) is 10.9 Å². The Bertz CT molecular complexity index is 1240. The van der Waals surface area contributed by atoms with Crippen LogP contribution in [0.3, 0.4) is 0 Å². The molecule has 0 spiro atoms. The first-order valence-corrected chi connectivity index (χ1v) is 8.85. The average Bonchev–Trinajstić information content (AvgIpc) is 2.72. The van der Waals surface area contributed by atoms with Gasteiger partial charge in [0, 0.05) is 29.4 Å². The van der Waals surface area contributed by atoms with Crippen LogP contribution in [0.2, 0.25) is 0 Å². The fourth-order valence-corrected chi connectivity index (χ4v) is 2.92. The Balaban J connectivity index is 1.55. The number of nitrogens with one attached hydrogen (secondary N) is 2. The second-order valence-electron chi connectivity index (χ2n) is 6.35. The van der Waals surface area contributed by atoms with Gasteiger partial charge in [0.05, 0.1) is 11.1 Å². The average molecular weight is 389 g/mol. The van der Waals surface area contributed by atoms with E-state index in [0.717, 1.165) is 5.56 Å². The van der Waals surface area contributed by atoms with E-state index in [-0.39, 0.29) is 11.1 Å². The van der Waals surface area contributed by atoms with Crippen LogP contribution in [0.4, 0.5) is 10.1 Å². The fraction of sp³-hybridized carbons (Fsp3) is 0.0455. The number of carbonyl (C=O) groups is 1. The molecule has 0 atom stereocenters. The molecule has 7 heteroatoms. The standard InChI is InChI=1S/C22H16FN3O3/c23-15-6-7-17-18(12-20(27)26-19(17)10-15)22(28)25-16-8-9-24-21(11-16)29-13-14-4-2-1-3-5-14/h1-12H,13H2,(H,26,27)(H,24,25,28). The minimum Gasteiger partial charge on any atom is -0.473 e. The first-order valence-electron chi connectivity index (χ1n) is 8.85. The number of nitrogens with zero attached hydrogens (tertiary/aromatic N) is 1. The van der Waals surface area contributed by atoms with E-state index in [1.165, 1.54) is 30.5 Å². The van der Waals surface area contributed by atoms with Gasteiger partial charge in [0.2, 0.25) is 11.4 Å². The number of ether oxygens (including phenoxy) is 1. The SMILES string of the molecule is O=C(Nc1ccnc(OCc2ccccc2)c1)c1cc(=O)[nH]c2cc(F)ccc12. The Labute approximate surface area is 165 Å². The molecule has 0 aliphatic rings. The highest BCUT2D eigenvalue weighted by Crippen LogP contribution is 2.20. The van der Waals surface area contributed by atoms with Crippen molar-refractivity contribution in [3.8, 4) is 5.88 Å². The lowest BCUT2D eigenvalue weighted by Gasteiger charge is -2.10. The summed E-state index contributed by atoms with van der Waals surface area (Å²) in [6.07, 6.45) is 1.52.